The summed E-state index contributed by atoms with van der Waals surface area (Å²) in [4.78, 5) is 9.49. The summed E-state index contributed by atoms with van der Waals surface area (Å²) < 4.78 is 1.78. The highest BCUT2D eigenvalue weighted by molar-refractivity contribution is 7.16. The van der Waals surface area contributed by atoms with Crippen molar-refractivity contribution in [3.63, 3.8) is 0 Å². The van der Waals surface area contributed by atoms with Gasteiger partial charge in [0.1, 0.15) is 11.2 Å². The summed E-state index contributed by atoms with van der Waals surface area (Å²) in [6, 6.07) is 2.00. The summed E-state index contributed by atoms with van der Waals surface area (Å²) in [5, 5.41) is 7.42. The molecule has 0 atom stereocenters. The Morgan fingerprint density at radius 3 is 2.82 bits per heavy atom. The van der Waals surface area contributed by atoms with Gasteiger partial charge in [0.05, 0.1) is 22.5 Å². The van der Waals surface area contributed by atoms with E-state index in [2.05, 4.69) is 15.1 Å². The summed E-state index contributed by atoms with van der Waals surface area (Å²) in [6.45, 7) is 3.83. The Labute approximate surface area is 102 Å². The molecule has 5 nitrogen and oxygen atoms in total. The van der Waals surface area contributed by atoms with Gasteiger partial charge in [0.15, 0.2) is 5.82 Å². The molecular weight excluding hydrogens is 234 g/mol. The van der Waals surface area contributed by atoms with Crippen LogP contribution in [-0.2, 0) is 0 Å². The molecule has 0 spiro atoms. The fourth-order valence-electron chi connectivity index (χ4n) is 1.81. The average molecular weight is 245 g/mol. The molecule has 0 amide bonds. The molecule has 3 aromatic rings. The van der Waals surface area contributed by atoms with E-state index in [9.17, 15) is 0 Å². The zero-order valence-corrected chi connectivity index (χ0v) is 10.3. The van der Waals surface area contributed by atoms with Crippen LogP contribution in [0.1, 0.15) is 11.4 Å². The molecule has 0 aromatic carbocycles. The number of nitrogens with zero attached hydrogens (tertiary/aromatic N) is 4. The van der Waals surface area contributed by atoms with E-state index in [1.807, 2.05) is 25.3 Å². The molecular formula is C11H11N5S. The van der Waals surface area contributed by atoms with Crippen LogP contribution in [0.15, 0.2) is 17.8 Å². The maximum Gasteiger partial charge on any atom is 0.165 e. The van der Waals surface area contributed by atoms with Gasteiger partial charge in [-0.1, -0.05) is 0 Å². The van der Waals surface area contributed by atoms with Crippen molar-refractivity contribution < 1.29 is 0 Å². The summed E-state index contributed by atoms with van der Waals surface area (Å²) in [5.41, 5.74) is 8.38. The Kier molecular flexibility index (Phi) is 2.12. The fourth-order valence-corrected chi connectivity index (χ4v) is 2.53. The summed E-state index contributed by atoms with van der Waals surface area (Å²) in [5.74, 6) is 0.786. The molecule has 0 unspecified atom stereocenters. The van der Waals surface area contributed by atoms with E-state index in [1.165, 1.54) is 0 Å². The topological polar surface area (TPSA) is 69.6 Å². The van der Waals surface area contributed by atoms with Crippen molar-refractivity contribution in [3.05, 3.63) is 29.2 Å². The van der Waals surface area contributed by atoms with E-state index < -0.39 is 0 Å². The highest BCUT2D eigenvalue weighted by atomic mass is 32.1. The highest BCUT2D eigenvalue weighted by Crippen LogP contribution is 2.25. The van der Waals surface area contributed by atoms with Crippen molar-refractivity contribution >= 4 is 27.2 Å². The molecule has 86 valence electrons. The van der Waals surface area contributed by atoms with Crippen LogP contribution in [-0.4, -0.2) is 19.7 Å². The van der Waals surface area contributed by atoms with E-state index >= 15 is 0 Å². The Morgan fingerprint density at radius 2 is 2.12 bits per heavy atom. The lowest BCUT2D eigenvalue weighted by Gasteiger charge is -2.04. The van der Waals surface area contributed by atoms with Crippen molar-refractivity contribution in [2.24, 2.45) is 0 Å². The van der Waals surface area contributed by atoms with Gasteiger partial charge in [-0.05, 0) is 25.3 Å². The normalized spacial score (nSPS) is 11.2. The second kappa shape index (κ2) is 3.53. The lowest BCUT2D eigenvalue weighted by atomic mass is 10.3. The van der Waals surface area contributed by atoms with Crippen molar-refractivity contribution in [2.45, 2.75) is 13.8 Å². The first-order chi connectivity index (χ1) is 8.18. The van der Waals surface area contributed by atoms with Crippen LogP contribution in [0.3, 0.4) is 0 Å². The molecule has 3 aromatic heterocycles. The lowest BCUT2D eigenvalue weighted by molar-refractivity contribution is 0.811. The minimum atomic E-state index is 0.715. The van der Waals surface area contributed by atoms with E-state index in [-0.39, 0.29) is 0 Å². The molecule has 0 aliphatic carbocycles. The maximum atomic E-state index is 5.94. The van der Waals surface area contributed by atoms with Crippen LogP contribution >= 0.6 is 11.3 Å². The van der Waals surface area contributed by atoms with E-state index in [1.54, 1.807) is 22.3 Å². The fraction of sp³-hybridized carbons (Fsp3) is 0.182. The Hall–Kier alpha value is -1.95. The molecule has 3 rings (SSSR count). The minimum Gasteiger partial charge on any atom is -0.396 e. The molecule has 0 aliphatic rings. The zero-order chi connectivity index (χ0) is 12.0. The molecule has 3 heterocycles. The van der Waals surface area contributed by atoms with E-state index in [0.717, 1.165) is 27.4 Å². The van der Waals surface area contributed by atoms with Gasteiger partial charge in [-0.3, -0.25) is 0 Å². The molecule has 0 radical (unpaired) electrons. The molecule has 6 heteroatoms. The average Bonchev–Trinajstić information content (AvgIpc) is 2.89. The van der Waals surface area contributed by atoms with Gasteiger partial charge in [-0.15, -0.1) is 11.3 Å². The number of hydrogen-bond donors (Lipinski definition) is 1. The first-order valence-electron chi connectivity index (χ1n) is 5.18. The van der Waals surface area contributed by atoms with Gasteiger partial charge in [0.25, 0.3) is 0 Å². The van der Waals surface area contributed by atoms with E-state index in [4.69, 9.17) is 5.73 Å². The third-order valence-electron chi connectivity index (χ3n) is 2.79. The third kappa shape index (κ3) is 1.41. The number of thiophene rings is 1. The smallest absolute Gasteiger partial charge is 0.165 e. The molecule has 2 N–H and O–H groups in total. The molecule has 0 bridgehead atoms. The maximum absolute atomic E-state index is 5.94. The minimum absolute atomic E-state index is 0.715. The van der Waals surface area contributed by atoms with Crippen LogP contribution in [0.4, 0.5) is 5.69 Å². The van der Waals surface area contributed by atoms with Crippen LogP contribution in [0, 0.1) is 13.8 Å². The van der Waals surface area contributed by atoms with Crippen molar-refractivity contribution in [3.8, 4) is 5.82 Å². The summed E-state index contributed by atoms with van der Waals surface area (Å²) >= 11 is 1.59. The van der Waals surface area contributed by atoms with Crippen molar-refractivity contribution in [2.75, 3.05) is 5.73 Å². The predicted molar refractivity (Wildman–Crippen MR) is 68.4 cm³/mol. The van der Waals surface area contributed by atoms with Crippen LogP contribution in [0.2, 0.25) is 0 Å². The van der Waals surface area contributed by atoms with Crippen molar-refractivity contribution in [1.82, 2.24) is 19.7 Å². The number of nitrogen functional groups attached to an aromatic ring is 1. The van der Waals surface area contributed by atoms with Crippen LogP contribution < -0.4 is 5.73 Å². The molecule has 17 heavy (non-hydrogen) atoms. The van der Waals surface area contributed by atoms with Gasteiger partial charge in [-0.2, -0.15) is 5.10 Å². The summed E-state index contributed by atoms with van der Waals surface area (Å²) in [7, 11) is 0. The number of aryl methyl sites for hydroxylation is 1. The zero-order valence-electron chi connectivity index (χ0n) is 9.51. The highest BCUT2D eigenvalue weighted by Gasteiger charge is 2.13. The van der Waals surface area contributed by atoms with Gasteiger partial charge in [-0.25, -0.2) is 14.6 Å². The van der Waals surface area contributed by atoms with Gasteiger partial charge in [0, 0.05) is 0 Å². The third-order valence-corrected chi connectivity index (χ3v) is 3.61. The molecule has 0 saturated carbocycles. The van der Waals surface area contributed by atoms with Gasteiger partial charge < -0.3 is 5.73 Å². The SMILES string of the molecule is Cc1nn(-c2ncnc3sccc23)c(C)c1N. The molecule has 0 aliphatic heterocycles. The Morgan fingerprint density at radius 1 is 1.29 bits per heavy atom. The quantitative estimate of drug-likeness (QED) is 0.712. The first kappa shape index (κ1) is 10.2. The van der Waals surface area contributed by atoms with Gasteiger partial charge >= 0.3 is 0 Å². The second-order valence-electron chi connectivity index (χ2n) is 3.83. The number of aromatic nitrogens is 4. The monoisotopic (exact) mass is 245 g/mol. The van der Waals surface area contributed by atoms with E-state index in [0.29, 0.717) is 5.69 Å². The van der Waals surface area contributed by atoms with Crippen LogP contribution in [0.5, 0.6) is 0 Å². The first-order valence-corrected chi connectivity index (χ1v) is 6.06. The second-order valence-corrected chi connectivity index (χ2v) is 4.73. The predicted octanol–water partition coefficient (Wildman–Crippen LogP) is 2.08. The summed E-state index contributed by atoms with van der Waals surface area (Å²) in [6.07, 6.45) is 1.56. The molecule has 0 fully saturated rings. The lowest BCUT2D eigenvalue weighted by Crippen LogP contribution is -2.03. The number of hydrogen-bond acceptors (Lipinski definition) is 5. The number of rotatable bonds is 1. The van der Waals surface area contributed by atoms with Crippen LogP contribution in [0.25, 0.3) is 16.0 Å². The van der Waals surface area contributed by atoms with Gasteiger partial charge in [0.2, 0.25) is 0 Å². The Balaban J connectivity index is 2.34. The number of nitrogens with two attached hydrogens (primary N) is 1. The molecule has 0 saturated heterocycles. The van der Waals surface area contributed by atoms with Crippen molar-refractivity contribution in [1.29, 1.82) is 0 Å². The number of anilines is 1. The Bertz CT molecular complexity index is 697. The standard InChI is InChI=1S/C11H11N5S/c1-6-9(12)7(2)16(15-6)10-8-3-4-17-11(8)14-5-13-10/h3-5H,12H2,1-2H3. The largest absolute Gasteiger partial charge is 0.396 e. The number of fused-ring (bicyclic) bond motifs is 1.